The molecule has 3 heteroatoms. The maximum absolute atomic E-state index is 3.74. The average molecular weight is 442 g/mol. The molecule has 0 spiro atoms. The third-order valence-corrected chi connectivity index (χ3v) is 6.78. The normalized spacial score (nSPS) is 11.9. The van der Waals surface area contributed by atoms with Crippen LogP contribution in [0.25, 0.3) is 41.7 Å². The number of halogens is 2. The van der Waals surface area contributed by atoms with Crippen LogP contribution in [0.1, 0.15) is 0 Å². The summed E-state index contributed by atoms with van der Waals surface area (Å²) >= 11 is 9.33. The van der Waals surface area contributed by atoms with E-state index in [9.17, 15) is 0 Å². The Balaban J connectivity index is 2.18. The molecule has 23 heavy (non-hydrogen) atoms. The fourth-order valence-corrected chi connectivity index (χ4v) is 6.08. The molecule has 0 N–H and O–H groups in total. The molecule has 0 radical (unpaired) electrons. The second-order valence-electron chi connectivity index (χ2n) is 5.66. The first kappa shape index (κ1) is 14.0. The first-order valence-electron chi connectivity index (χ1n) is 7.35. The Hall–Kier alpha value is -1.42. The van der Waals surface area contributed by atoms with Crippen molar-refractivity contribution in [2.45, 2.75) is 0 Å². The van der Waals surface area contributed by atoms with Crippen LogP contribution in [0.15, 0.2) is 69.6 Å². The Morgan fingerprint density at radius 1 is 0.565 bits per heavy atom. The van der Waals surface area contributed by atoms with Crippen molar-refractivity contribution in [2.75, 3.05) is 0 Å². The summed E-state index contributed by atoms with van der Waals surface area (Å²) in [4.78, 5) is 0. The number of thiophene rings is 1. The highest BCUT2D eigenvalue weighted by Crippen LogP contribution is 2.45. The Kier molecular flexibility index (Phi) is 3.06. The zero-order chi connectivity index (χ0) is 15.6. The number of hydrogen-bond donors (Lipinski definition) is 0. The van der Waals surface area contributed by atoms with Gasteiger partial charge in [-0.1, -0.05) is 80.4 Å². The summed E-state index contributed by atoms with van der Waals surface area (Å²) in [7, 11) is 0. The van der Waals surface area contributed by atoms with E-state index >= 15 is 0 Å². The van der Waals surface area contributed by atoms with E-state index in [1.165, 1.54) is 41.7 Å². The molecule has 0 aliphatic rings. The van der Waals surface area contributed by atoms with Crippen LogP contribution in [0, 0.1) is 0 Å². The molecule has 5 aromatic rings. The number of rotatable bonds is 0. The van der Waals surface area contributed by atoms with Crippen LogP contribution >= 0.6 is 43.2 Å². The van der Waals surface area contributed by atoms with Gasteiger partial charge in [0.2, 0.25) is 0 Å². The standard InChI is InChI=1S/C20H10Br2S/c21-15-9-17-19(13-7-3-1-5-11(13)15)20-14-8-4-2-6-12(14)16(22)10-18(20)23-17/h1-10H. The molecule has 110 valence electrons. The van der Waals surface area contributed by atoms with E-state index in [4.69, 9.17) is 0 Å². The number of fused-ring (bicyclic) bond motifs is 7. The predicted molar refractivity (Wildman–Crippen MR) is 110 cm³/mol. The summed E-state index contributed by atoms with van der Waals surface area (Å²) in [5.41, 5.74) is 0. The van der Waals surface area contributed by atoms with Gasteiger partial charge in [0, 0.05) is 29.1 Å². The topological polar surface area (TPSA) is 0 Å². The largest absolute Gasteiger partial charge is 0.135 e. The van der Waals surface area contributed by atoms with Gasteiger partial charge in [-0.05, 0) is 33.7 Å². The lowest BCUT2D eigenvalue weighted by Crippen LogP contribution is -1.79. The summed E-state index contributed by atoms with van der Waals surface area (Å²) in [5, 5.41) is 7.91. The Morgan fingerprint density at radius 2 is 0.957 bits per heavy atom. The van der Waals surface area contributed by atoms with Crippen LogP contribution < -0.4 is 0 Å². The van der Waals surface area contributed by atoms with E-state index in [-0.39, 0.29) is 0 Å². The quantitative estimate of drug-likeness (QED) is 0.229. The second-order valence-corrected chi connectivity index (χ2v) is 8.45. The van der Waals surface area contributed by atoms with Gasteiger partial charge in [-0.15, -0.1) is 11.3 Å². The van der Waals surface area contributed by atoms with Crippen molar-refractivity contribution in [3.63, 3.8) is 0 Å². The first-order chi connectivity index (χ1) is 11.2. The van der Waals surface area contributed by atoms with Crippen molar-refractivity contribution in [2.24, 2.45) is 0 Å². The van der Waals surface area contributed by atoms with Crippen molar-refractivity contribution in [3.05, 3.63) is 69.6 Å². The van der Waals surface area contributed by atoms with E-state index in [1.807, 2.05) is 11.3 Å². The Labute approximate surface area is 154 Å². The zero-order valence-corrected chi connectivity index (χ0v) is 15.9. The minimum atomic E-state index is 1.16. The molecule has 0 amide bonds. The lowest BCUT2D eigenvalue weighted by Gasteiger charge is -2.06. The Bertz CT molecular complexity index is 1140. The maximum atomic E-state index is 3.74. The third-order valence-electron chi connectivity index (χ3n) is 4.39. The molecular formula is C20H10Br2S. The lowest BCUT2D eigenvalue weighted by molar-refractivity contribution is 1.77. The fourth-order valence-electron chi connectivity index (χ4n) is 3.41. The van der Waals surface area contributed by atoms with Gasteiger partial charge in [0.1, 0.15) is 0 Å². The molecule has 1 aromatic heterocycles. The molecule has 0 nitrogen and oxygen atoms in total. The summed E-state index contributed by atoms with van der Waals surface area (Å²) in [6.45, 7) is 0. The van der Waals surface area contributed by atoms with Gasteiger partial charge in [0.15, 0.2) is 0 Å². The van der Waals surface area contributed by atoms with Gasteiger partial charge in [-0.3, -0.25) is 0 Å². The minimum absolute atomic E-state index is 1.16. The van der Waals surface area contributed by atoms with Crippen LogP contribution in [0.2, 0.25) is 0 Å². The van der Waals surface area contributed by atoms with Crippen LogP contribution in [0.3, 0.4) is 0 Å². The Morgan fingerprint density at radius 3 is 1.39 bits per heavy atom. The van der Waals surface area contributed by atoms with Crippen molar-refractivity contribution >= 4 is 84.9 Å². The summed E-state index contributed by atoms with van der Waals surface area (Å²) in [6, 6.07) is 21.8. The van der Waals surface area contributed by atoms with E-state index < -0.39 is 0 Å². The smallest absolute Gasteiger partial charge is 0.0373 e. The highest BCUT2D eigenvalue weighted by Gasteiger charge is 2.14. The van der Waals surface area contributed by atoms with Gasteiger partial charge in [-0.25, -0.2) is 0 Å². The van der Waals surface area contributed by atoms with E-state index in [0.717, 1.165) is 8.95 Å². The molecule has 5 rings (SSSR count). The summed E-state index contributed by atoms with van der Waals surface area (Å²) in [6.07, 6.45) is 0. The van der Waals surface area contributed by atoms with E-state index in [1.54, 1.807) is 0 Å². The van der Waals surface area contributed by atoms with Crippen LogP contribution in [0.4, 0.5) is 0 Å². The molecule has 4 aromatic carbocycles. The average Bonchev–Trinajstić information content (AvgIpc) is 2.93. The van der Waals surface area contributed by atoms with Gasteiger partial charge in [-0.2, -0.15) is 0 Å². The van der Waals surface area contributed by atoms with Crippen molar-refractivity contribution in [1.29, 1.82) is 0 Å². The SMILES string of the molecule is Brc1cc2sc3cc(Br)c4ccccc4c3c2c2ccccc12. The minimum Gasteiger partial charge on any atom is -0.135 e. The van der Waals surface area contributed by atoms with Gasteiger partial charge in [0.25, 0.3) is 0 Å². The predicted octanol–water partition coefficient (Wildman–Crippen LogP) is 7.89. The molecule has 0 saturated carbocycles. The second kappa shape index (κ2) is 5.04. The van der Waals surface area contributed by atoms with Crippen LogP contribution in [0.5, 0.6) is 0 Å². The zero-order valence-electron chi connectivity index (χ0n) is 11.9. The number of benzene rings is 4. The summed E-state index contributed by atoms with van der Waals surface area (Å²) < 4.78 is 4.98. The van der Waals surface area contributed by atoms with Crippen LogP contribution in [-0.2, 0) is 0 Å². The molecule has 0 aliphatic carbocycles. The maximum Gasteiger partial charge on any atom is 0.0373 e. The van der Waals surface area contributed by atoms with Crippen molar-refractivity contribution in [3.8, 4) is 0 Å². The number of hydrogen-bond acceptors (Lipinski definition) is 1. The molecule has 0 saturated heterocycles. The molecule has 1 heterocycles. The highest BCUT2D eigenvalue weighted by atomic mass is 79.9. The highest BCUT2D eigenvalue weighted by molar-refractivity contribution is 9.11. The molecule has 0 bridgehead atoms. The van der Waals surface area contributed by atoms with E-state index in [0.29, 0.717) is 0 Å². The molecule has 0 aliphatic heterocycles. The third kappa shape index (κ3) is 1.94. The van der Waals surface area contributed by atoms with Gasteiger partial charge < -0.3 is 0 Å². The van der Waals surface area contributed by atoms with Crippen molar-refractivity contribution < 1.29 is 0 Å². The van der Waals surface area contributed by atoms with Crippen LogP contribution in [-0.4, -0.2) is 0 Å². The molecule has 0 atom stereocenters. The fraction of sp³-hybridized carbons (Fsp3) is 0. The van der Waals surface area contributed by atoms with Gasteiger partial charge >= 0.3 is 0 Å². The monoisotopic (exact) mass is 440 g/mol. The van der Waals surface area contributed by atoms with Crippen molar-refractivity contribution in [1.82, 2.24) is 0 Å². The van der Waals surface area contributed by atoms with E-state index in [2.05, 4.69) is 92.5 Å². The van der Waals surface area contributed by atoms with Gasteiger partial charge in [0.05, 0.1) is 0 Å². The molecular weight excluding hydrogens is 432 g/mol. The summed E-state index contributed by atoms with van der Waals surface area (Å²) in [5.74, 6) is 0. The molecule has 0 unspecified atom stereocenters. The lowest BCUT2D eigenvalue weighted by atomic mass is 10.00. The first-order valence-corrected chi connectivity index (χ1v) is 9.75. The molecule has 0 fully saturated rings.